The van der Waals surface area contributed by atoms with Crippen LogP contribution in [0.5, 0.6) is 0 Å². The Hall–Kier alpha value is -2.41. The van der Waals surface area contributed by atoms with Crippen LogP contribution in [0.2, 0.25) is 0 Å². The Morgan fingerprint density at radius 1 is 1.16 bits per heavy atom. The Kier molecular flexibility index (Phi) is 8.29. The number of hydrogen-bond acceptors (Lipinski definition) is 5. The third-order valence-electron chi connectivity index (χ3n) is 5.76. The van der Waals surface area contributed by atoms with Crippen LogP contribution in [0.3, 0.4) is 0 Å². The van der Waals surface area contributed by atoms with Crippen LogP contribution < -0.4 is 10.2 Å². The van der Waals surface area contributed by atoms with E-state index in [1.807, 2.05) is 51.1 Å². The van der Waals surface area contributed by atoms with Crippen LogP contribution in [0.4, 0.5) is 5.69 Å². The van der Waals surface area contributed by atoms with Crippen molar-refractivity contribution < 1.29 is 14.3 Å². The number of anilines is 1. The minimum Gasteiger partial charge on any atom is -0.366 e. The number of amides is 1. The van der Waals surface area contributed by atoms with Crippen LogP contribution in [-0.2, 0) is 9.47 Å². The standard InChI is InChI=1S/C26H37N3O3/c1-26(2,3)27-25(30)21-11-13-22(14-12-21)28(4)24(20-9-7-6-8-10-20)18-29-16-15-23(17-29)32-19-31-5/h6-14,23-24H,15-19H2,1-5H3,(H,27,30). The lowest BCUT2D eigenvalue weighted by Gasteiger charge is -2.34. The molecular weight excluding hydrogens is 402 g/mol. The maximum atomic E-state index is 12.5. The molecule has 1 N–H and O–H groups in total. The molecule has 2 unspecified atom stereocenters. The summed E-state index contributed by atoms with van der Waals surface area (Å²) in [7, 11) is 3.78. The van der Waals surface area contributed by atoms with Gasteiger partial charge in [0, 0.05) is 50.6 Å². The van der Waals surface area contributed by atoms with Crippen molar-refractivity contribution in [3.05, 3.63) is 65.7 Å². The van der Waals surface area contributed by atoms with Gasteiger partial charge in [-0.2, -0.15) is 0 Å². The smallest absolute Gasteiger partial charge is 0.251 e. The second-order valence-corrected chi connectivity index (χ2v) is 9.53. The fourth-order valence-electron chi connectivity index (χ4n) is 4.08. The maximum absolute atomic E-state index is 12.5. The first-order valence-electron chi connectivity index (χ1n) is 11.3. The molecular formula is C26H37N3O3. The van der Waals surface area contributed by atoms with Crippen molar-refractivity contribution in [2.75, 3.05) is 45.5 Å². The average Bonchev–Trinajstić information content (AvgIpc) is 3.22. The van der Waals surface area contributed by atoms with E-state index in [4.69, 9.17) is 9.47 Å². The van der Waals surface area contributed by atoms with E-state index in [9.17, 15) is 4.79 Å². The van der Waals surface area contributed by atoms with Crippen molar-refractivity contribution in [1.82, 2.24) is 10.2 Å². The second-order valence-electron chi connectivity index (χ2n) is 9.53. The molecule has 2 atom stereocenters. The summed E-state index contributed by atoms with van der Waals surface area (Å²) in [4.78, 5) is 17.2. The van der Waals surface area contributed by atoms with Gasteiger partial charge in [-0.05, 0) is 57.0 Å². The Labute approximate surface area is 192 Å². The minimum atomic E-state index is -0.258. The van der Waals surface area contributed by atoms with E-state index < -0.39 is 0 Å². The van der Waals surface area contributed by atoms with Gasteiger partial charge in [-0.1, -0.05) is 30.3 Å². The van der Waals surface area contributed by atoms with Gasteiger partial charge >= 0.3 is 0 Å². The summed E-state index contributed by atoms with van der Waals surface area (Å²) < 4.78 is 10.8. The third-order valence-corrected chi connectivity index (χ3v) is 5.76. The lowest BCUT2D eigenvalue weighted by atomic mass is 10.0. The zero-order valence-corrected chi connectivity index (χ0v) is 20.0. The number of nitrogens with one attached hydrogen (secondary N) is 1. The summed E-state index contributed by atoms with van der Waals surface area (Å²) in [6, 6.07) is 18.6. The van der Waals surface area contributed by atoms with Crippen molar-refractivity contribution in [1.29, 1.82) is 0 Å². The molecule has 2 aromatic carbocycles. The summed E-state index contributed by atoms with van der Waals surface area (Å²) in [6.07, 6.45) is 1.24. The number of carbonyl (C=O) groups excluding carboxylic acids is 1. The van der Waals surface area contributed by atoms with Crippen LogP contribution in [0, 0.1) is 0 Å². The summed E-state index contributed by atoms with van der Waals surface area (Å²) >= 11 is 0. The fourth-order valence-corrected chi connectivity index (χ4v) is 4.08. The third kappa shape index (κ3) is 6.79. The highest BCUT2D eigenvalue weighted by molar-refractivity contribution is 5.95. The molecule has 0 saturated carbocycles. The van der Waals surface area contributed by atoms with Gasteiger partial charge in [-0.3, -0.25) is 9.69 Å². The Balaban J connectivity index is 1.73. The molecule has 1 fully saturated rings. The molecule has 1 heterocycles. The molecule has 0 radical (unpaired) electrons. The van der Waals surface area contributed by atoms with Crippen LogP contribution in [-0.4, -0.2) is 63.0 Å². The van der Waals surface area contributed by atoms with Crippen molar-refractivity contribution >= 4 is 11.6 Å². The van der Waals surface area contributed by atoms with Crippen LogP contribution in [0.1, 0.15) is 49.2 Å². The van der Waals surface area contributed by atoms with Gasteiger partial charge in [0.1, 0.15) is 6.79 Å². The van der Waals surface area contributed by atoms with E-state index in [1.54, 1.807) is 7.11 Å². The molecule has 1 saturated heterocycles. The van der Waals surface area contributed by atoms with Gasteiger partial charge in [0.25, 0.3) is 5.91 Å². The number of ether oxygens (including phenoxy) is 2. The van der Waals surface area contributed by atoms with Gasteiger partial charge in [0.2, 0.25) is 0 Å². The van der Waals surface area contributed by atoms with E-state index >= 15 is 0 Å². The van der Waals surface area contributed by atoms with Gasteiger partial charge in [-0.25, -0.2) is 0 Å². The van der Waals surface area contributed by atoms with Crippen LogP contribution in [0.15, 0.2) is 54.6 Å². The van der Waals surface area contributed by atoms with E-state index in [0.717, 1.165) is 31.7 Å². The van der Waals surface area contributed by atoms with E-state index in [0.29, 0.717) is 12.4 Å². The summed E-state index contributed by atoms with van der Waals surface area (Å²) in [6.45, 7) is 9.13. The Bertz CT molecular complexity index is 849. The Morgan fingerprint density at radius 3 is 2.47 bits per heavy atom. The molecule has 0 aliphatic carbocycles. The summed E-state index contributed by atoms with van der Waals surface area (Å²) in [5, 5.41) is 3.02. The maximum Gasteiger partial charge on any atom is 0.251 e. The molecule has 0 bridgehead atoms. The Morgan fingerprint density at radius 2 is 1.84 bits per heavy atom. The molecule has 1 aliphatic heterocycles. The van der Waals surface area contributed by atoms with E-state index in [1.165, 1.54) is 5.56 Å². The average molecular weight is 440 g/mol. The molecule has 3 rings (SSSR count). The van der Waals surface area contributed by atoms with Crippen molar-refractivity contribution in [2.24, 2.45) is 0 Å². The zero-order chi connectivity index (χ0) is 23.1. The van der Waals surface area contributed by atoms with Gasteiger partial charge in [-0.15, -0.1) is 0 Å². The molecule has 174 valence electrons. The summed E-state index contributed by atoms with van der Waals surface area (Å²) in [5.41, 5.74) is 2.76. The summed E-state index contributed by atoms with van der Waals surface area (Å²) in [5.74, 6) is -0.0505. The van der Waals surface area contributed by atoms with E-state index in [2.05, 4.69) is 46.4 Å². The molecule has 1 aliphatic rings. The van der Waals surface area contributed by atoms with Gasteiger partial charge in [0.05, 0.1) is 12.1 Å². The van der Waals surface area contributed by atoms with Crippen molar-refractivity contribution in [3.63, 3.8) is 0 Å². The van der Waals surface area contributed by atoms with Gasteiger partial charge < -0.3 is 19.7 Å². The monoisotopic (exact) mass is 439 g/mol. The topological polar surface area (TPSA) is 54.0 Å². The molecule has 6 nitrogen and oxygen atoms in total. The molecule has 1 amide bonds. The minimum absolute atomic E-state index is 0.0505. The van der Waals surface area contributed by atoms with Crippen molar-refractivity contribution in [2.45, 2.75) is 44.9 Å². The largest absolute Gasteiger partial charge is 0.366 e. The number of rotatable bonds is 9. The highest BCUT2D eigenvalue weighted by Crippen LogP contribution is 2.28. The number of methoxy groups -OCH3 is 1. The van der Waals surface area contributed by atoms with Crippen molar-refractivity contribution in [3.8, 4) is 0 Å². The fraction of sp³-hybridized carbons (Fsp3) is 0.500. The number of nitrogens with zero attached hydrogens (tertiary/aromatic N) is 2. The SMILES string of the molecule is COCOC1CCN(CC(c2ccccc2)N(C)c2ccc(C(=O)NC(C)(C)C)cc2)C1. The quantitative estimate of drug-likeness (QED) is 0.597. The lowest BCUT2D eigenvalue weighted by Crippen LogP contribution is -2.40. The first-order valence-corrected chi connectivity index (χ1v) is 11.3. The highest BCUT2D eigenvalue weighted by atomic mass is 16.7. The predicted molar refractivity (Wildman–Crippen MR) is 129 cm³/mol. The number of likely N-dealkylation sites (tertiary alicyclic amines) is 1. The predicted octanol–water partition coefficient (Wildman–Crippen LogP) is 4.09. The molecule has 0 spiro atoms. The highest BCUT2D eigenvalue weighted by Gasteiger charge is 2.28. The molecule has 0 aromatic heterocycles. The molecule has 32 heavy (non-hydrogen) atoms. The van der Waals surface area contributed by atoms with Crippen LogP contribution in [0.25, 0.3) is 0 Å². The van der Waals surface area contributed by atoms with Crippen LogP contribution >= 0.6 is 0 Å². The lowest BCUT2D eigenvalue weighted by molar-refractivity contribution is -0.0671. The van der Waals surface area contributed by atoms with E-state index in [-0.39, 0.29) is 23.6 Å². The number of likely N-dealkylation sites (N-methyl/N-ethyl adjacent to an activating group) is 1. The molecule has 2 aromatic rings. The van der Waals surface area contributed by atoms with Gasteiger partial charge in [0.15, 0.2) is 0 Å². The first kappa shape index (κ1) is 24.2. The number of carbonyl (C=O) groups is 1. The zero-order valence-electron chi connectivity index (χ0n) is 20.0. The normalized spacial score (nSPS) is 17.8. The first-order chi connectivity index (χ1) is 15.3. The number of benzene rings is 2. The second kappa shape index (κ2) is 10.9. The molecule has 6 heteroatoms. The number of hydrogen-bond donors (Lipinski definition) is 1.